The normalized spacial score (nSPS) is 9.95. The summed E-state index contributed by atoms with van der Waals surface area (Å²) in [4.78, 5) is 1.17. The molecular formula is C13H23N5S. The maximum absolute atomic E-state index is 7.67. The van der Waals surface area contributed by atoms with Crippen molar-refractivity contribution in [2.24, 2.45) is 0 Å². The Balaban J connectivity index is 2.05. The highest BCUT2D eigenvalue weighted by atomic mass is 32.1. The monoisotopic (exact) mass is 281 g/mol. The molecule has 0 unspecified atom stereocenters. The predicted molar refractivity (Wildman–Crippen MR) is 81.9 cm³/mol. The third-order valence-electron chi connectivity index (χ3n) is 2.60. The van der Waals surface area contributed by atoms with Crippen molar-refractivity contribution < 1.29 is 0 Å². The van der Waals surface area contributed by atoms with Crippen LogP contribution in [0.2, 0.25) is 0 Å². The van der Waals surface area contributed by atoms with Crippen LogP contribution in [-0.2, 0) is 6.54 Å². The van der Waals surface area contributed by atoms with Gasteiger partial charge in [-0.1, -0.05) is 32.3 Å². The van der Waals surface area contributed by atoms with E-state index in [0.717, 1.165) is 13.0 Å². The summed E-state index contributed by atoms with van der Waals surface area (Å²) < 4.78 is 0. The van der Waals surface area contributed by atoms with E-state index in [-0.39, 0.29) is 11.9 Å². The van der Waals surface area contributed by atoms with Gasteiger partial charge in [-0.2, -0.15) is 0 Å². The molecule has 0 bridgehead atoms. The molecule has 0 saturated heterocycles. The van der Waals surface area contributed by atoms with Gasteiger partial charge in [0.25, 0.3) is 0 Å². The molecular weight excluding hydrogens is 258 g/mol. The van der Waals surface area contributed by atoms with Crippen molar-refractivity contribution in [3.05, 3.63) is 22.4 Å². The van der Waals surface area contributed by atoms with Gasteiger partial charge in [0.2, 0.25) is 0 Å². The van der Waals surface area contributed by atoms with Gasteiger partial charge in [0.05, 0.1) is 6.54 Å². The van der Waals surface area contributed by atoms with E-state index in [9.17, 15) is 0 Å². The van der Waals surface area contributed by atoms with Crippen LogP contribution in [0.15, 0.2) is 17.5 Å². The first-order valence-electron chi connectivity index (χ1n) is 6.66. The molecule has 5 N–H and O–H groups in total. The predicted octanol–water partition coefficient (Wildman–Crippen LogP) is 2.47. The number of rotatable bonds is 7. The molecule has 0 aliphatic heterocycles. The summed E-state index contributed by atoms with van der Waals surface area (Å²) in [6.07, 6.45) is 4.70. The fourth-order valence-corrected chi connectivity index (χ4v) is 2.21. The van der Waals surface area contributed by atoms with Crippen molar-refractivity contribution in [3.8, 4) is 0 Å². The van der Waals surface area contributed by atoms with Gasteiger partial charge in [0.15, 0.2) is 11.9 Å². The molecule has 106 valence electrons. The summed E-state index contributed by atoms with van der Waals surface area (Å²) in [5.74, 6) is 0.333. The van der Waals surface area contributed by atoms with Crippen LogP contribution in [0.5, 0.6) is 0 Å². The summed E-state index contributed by atoms with van der Waals surface area (Å²) >= 11 is 1.65. The van der Waals surface area contributed by atoms with Gasteiger partial charge in [-0.15, -0.1) is 11.3 Å². The number of nitrogens with one attached hydrogen (secondary N) is 5. The SMILES string of the molecule is CCCCCCNC(=N)NC(=N)NCc1cccs1. The van der Waals surface area contributed by atoms with Crippen molar-refractivity contribution in [2.45, 2.75) is 39.2 Å². The number of thiophene rings is 1. The average Bonchev–Trinajstić information content (AvgIpc) is 2.89. The molecule has 1 heterocycles. The molecule has 0 atom stereocenters. The van der Waals surface area contributed by atoms with Crippen LogP contribution in [0.4, 0.5) is 0 Å². The van der Waals surface area contributed by atoms with Crippen molar-refractivity contribution in [3.63, 3.8) is 0 Å². The first kappa shape index (κ1) is 15.5. The molecule has 19 heavy (non-hydrogen) atoms. The van der Waals surface area contributed by atoms with Gasteiger partial charge in [-0.05, 0) is 17.9 Å². The van der Waals surface area contributed by atoms with Gasteiger partial charge in [0, 0.05) is 11.4 Å². The molecule has 5 nitrogen and oxygen atoms in total. The number of unbranched alkanes of at least 4 members (excludes halogenated alkanes) is 3. The van der Waals surface area contributed by atoms with Crippen LogP contribution in [-0.4, -0.2) is 18.5 Å². The number of guanidine groups is 2. The lowest BCUT2D eigenvalue weighted by Gasteiger charge is -2.12. The van der Waals surface area contributed by atoms with Crippen molar-refractivity contribution in [1.82, 2.24) is 16.0 Å². The van der Waals surface area contributed by atoms with Gasteiger partial charge in [0.1, 0.15) is 0 Å². The molecule has 1 rings (SSSR count). The topological polar surface area (TPSA) is 83.8 Å². The zero-order chi connectivity index (χ0) is 13.9. The molecule has 0 aliphatic rings. The Kier molecular flexibility index (Phi) is 7.65. The largest absolute Gasteiger partial charge is 0.356 e. The molecule has 0 saturated carbocycles. The molecule has 6 heteroatoms. The minimum atomic E-state index is 0.152. The van der Waals surface area contributed by atoms with Crippen molar-refractivity contribution >= 4 is 23.3 Å². The second-order valence-corrected chi connectivity index (χ2v) is 5.33. The molecule has 1 aromatic rings. The third-order valence-corrected chi connectivity index (χ3v) is 3.48. The Bertz CT molecular complexity index is 374. The Morgan fingerprint density at radius 1 is 1.16 bits per heavy atom. The molecule has 0 aliphatic carbocycles. The van der Waals surface area contributed by atoms with Gasteiger partial charge >= 0.3 is 0 Å². The lowest BCUT2D eigenvalue weighted by atomic mass is 10.2. The Hall–Kier alpha value is -1.56. The smallest absolute Gasteiger partial charge is 0.195 e. The summed E-state index contributed by atoms with van der Waals surface area (Å²) in [5.41, 5.74) is 0. The van der Waals surface area contributed by atoms with E-state index >= 15 is 0 Å². The van der Waals surface area contributed by atoms with Crippen molar-refractivity contribution in [1.29, 1.82) is 10.8 Å². The summed E-state index contributed by atoms with van der Waals surface area (Å²) in [6, 6.07) is 4.00. The zero-order valence-electron chi connectivity index (χ0n) is 11.4. The molecule has 0 fully saturated rings. The molecule has 1 aromatic heterocycles. The first-order valence-corrected chi connectivity index (χ1v) is 7.54. The third kappa shape index (κ3) is 7.46. The summed E-state index contributed by atoms with van der Waals surface area (Å²) in [5, 5.41) is 25.9. The summed E-state index contributed by atoms with van der Waals surface area (Å²) in [7, 11) is 0. The minimum absolute atomic E-state index is 0.152. The minimum Gasteiger partial charge on any atom is -0.356 e. The lowest BCUT2D eigenvalue weighted by molar-refractivity contribution is 0.650. The van der Waals surface area contributed by atoms with E-state index in [0.29, 0.717) is 6.54 Å². The highest BCUT2D eigenvalue weighted by Crippen LogP contribution is 2.06. The van der Waals surface area contributed by atoms with E-state index in [4.69, 9.17) is 10.8 Å². The second-order valence-electron chi connectivity index (χ2n) is 4.30. The van der Waals surface area contributed by atoms with E-state index in [2.05, 4.69) is 22.9 Å². The van der Waals surface area contributed by atoms with Crippen LogP contribution in [0, 0.1) is 10.8 Å². The van der Waals surface area contributed by atoms with Crippen LogP contribution >= 0.6 is 11.3 Å². The maximum atomic E-state index is 7.67. The Morgan fingerprint density at radius 3 is 2.63 bits per heavy atom. The van der Waals surface area contributed by atoms with Crippen molar-refractivity contribution in [2.75, 3.05) is 6.54 Å². The fraction of sp³-hybridized carbons (Fsp3) is 0.538. The molecule has 0 amide bonds. The molecule has 0 spiro atoms. The first-order chi connectivity index (χ1) is 9.22. The average molecular weight is 281 g/mol. The zero-order valence-corrected chi connectivity index (χ0v) is 12.2. The van der Waals surface area contributed by atoms with Crippen LogP contribution in [0.3, 0.4) is 0 Å². The Labute approximate surface area is 118 Å². The van der Waals surface area contributed by atoms with Crippen LogP contribution in [0.1, 0.15) is 37.5 Å². The van der Waals surface area contributed by atoms with E-state index < -0.39 is 0 Å². The fourth-order valence-electron chi connectivity index (χ4n) is 1.57. The molecule has 0 radical (unpaired) electrons. The van der Waals surface area contributed by atoms with Gasteiger partial charge in [-0.25, -0.2) is 0 Å². The van der Waals surface area contributed by atoms with Crippen LogP contribution in [0.25, 0.3) is 0 Å². The van der Waals surface area contributed by atoms with Crippen LogP contribution < -0.4 is 16.0 Å². The highest BCUT2D eigenvalue weighted by Gasteiger charge is 2.00. The number of hydrogen-bond acceptors (Lipinski definition) is 3. The van der Waals surface area contributed by atoms with E-state index in [1.54, 1.807) is 11.3 Å². The van der Waals surface area contributed by atoms with Gasteiger partial charge < -0.3 is 10.6 Å². The highest BCUT2D eigenvalue weighted by molar-refractivity contribution is 7.09. The van der Waals surface area contributed by atoms with E-state index in [1.807, 2.05) is 17.5 Å². The quantitative estimate of drug-likeness (QED) is 0.302. The number of hydrogen-bond donors (Lipinski definition) is 5. The van der Waals surface area contributed by atoms with E-state index in [1.165, 1.54) is 24.1 Å². The summed E-state index contributed by atoms with van der Waals surface area (Å²) in [6.45, 7) is 3.58. The lowest BCUT2D eigenvalue weighted by Crippen LogP contribution is -2.45. The van der Waals surface area contributed by atoms with Gasteiger partial charge in [-0.3, -0.25) is 16.1 Å². The second kappa shape index (κ2) is 9.38. The maximum Gasteiger partial charge on any atom is 0.195 e. The molecule has 0 aromatic carbocycles. The standard InChI is InChI=1S/C13H23N5S/c1-2-3-4-5-8-16-12(14)18-13(15)17-10-11-7-6-9-19-11/h6-7,9H,2-5,8,10H2,1H3,(H5,14,15,16,17,18). The Morgan fingerprint density at radius 2 is 1.95 bits per heavy atom.